The number of aromatic hydroxyl groups is 2. The van der Waals surface area contributed by atoms with Gasteiger partial charge in [-0.05, 0) is 62.1 Å². The molecule has 0 saturated heterocycles. The van der Waals surface area contributed by atoms with Gasteiger partial charge in [0.2, 0.25) is 9.84 Å². The highest BCUT2D eigenvalue weighted by Gasteiger charge is 2.29. The van der Waals surface area contributed by atoms with Crippen molar-refractivity contribution in [2.45, 2.75) is 37.5 Å². The van der Waals surface area contributed by atoms with Crippen LogP contribution >= 0.6 is 0 Å². The predicted octanol–water partition coefficient (Wildman–Crippen LogP) is 3.16. The van der Waals surface area contributed by atoms with Crippen LogP contribution in [-0.4, -0.2) is 18.6 Å². The third-order valence-electron chi connectivity index (χ3n) is 3.85. The van der Waals surface area contributed by atoms with Gasteiger partial charge in [0.15, 0.2) is 0 Å². The van der Waals surface area contributed by atoms with Gasteiger partial charge < -0.3 is 10.2 Å². The molecule has 2 aromatic carbocycles. The Morgan fingerprint density at radius 1 is 0.714 bits per heavy atom. The number of benzene rings is 2. The molecule has 0 radical (unpaired) electrons. The van der Waals surface area contributed by atoms with Crippen molar-refractivity contribution in [1.82, 2.24) is 0 Å². The molecule has 0 fully saturated rings. The van der Waals surface area contributed by atoms with Crippen LogP contribution in [0.25, 0.3) is 0 Å². The molecule has 0 amide bonds. The summed E-state index contributed by atoms with van der Waals surface area (Å²) in [6.07, 6.45) is 0. The second-order valence-corrected chi connectivity index (χ2v) is 7.04. The van der Waals surface area contributed by atoms with Crippen molar-refractivity contribution in [2.75, 3.05) is 0 Å². The highest BCUT2D eigenvalue weighted by molar-refractivity contribution is 7.91. The monoisotopic (exact) mass is 306 g/mol. The lowest BCUT2D eigenvalue weighted by molar-refractivity contribution is 0.451. The standard InChI is InChI=1S/C16H18O4S/c1-9-5-7-13(17)15(11(9)3)21(19,20)16-12(4)10(2)6-8-14(16)18/h5-8,17-18H,1-4H3. The minimum absolute atomic E-state index is 0.147. The van der Waals surface area contributed by atoms with Gasteiger partial charge in [-0.2, -0.15) is 0 Å². The van der Waals surface area contributed by atoms with Crippen LogP contribution in [0.3, 0.4) is 0 Å². The molecular formula is C16H18O4S. The Morgan fingerprint density at radius 2 is 1.05 bits per heavy atom. The summed E-state index contributed by atoms with van der Waals surface area (Å²) in [5.41, 5.74) is 2.48. The Hall–Kier alpha value is -2.01. The molecule has 0 unspecified atom stereocenters. The van der Waals surface area contributed by atoms with Crippen LogP contribution in [0.2, 0.25) is 0 Å². The first-order valence-electron chi connectivity index (χ1n) is 6.51. The summed E-state index contributed by atoms with van der Waals surface area (Å²) < 4.78 is 25.8. The summed E-state index contributed by atoms with van der Waals surface area (Å²) >= 11 is 0. The second-order valence-electron chi connectivity index (χ2n) is 5.21. The Morgan fingerprint density at radius 3 is 1.38 bits per heavy atom. The van der Waals surface area contributed by atoms with Crippen LogP contribution in [0.15, 0.2) is 34.1 Å². The summed E-state index contributed by atoms with van der Waals surface area (Å²) in [5.74, 6) is -0.614. The van der Waals surface area contributed by atoms with E-state index >= 15 is 0 Å². The lowest BCUT2D eigenvalue weighted by atomic mass is 10.1. The van der Waals surface area contributed by atoms with E-state index in [4.69, 9.17) is 0 Å². The number of hydrogen-bond acceptors (Lipinski definition) is 4. The molecule has 4 nitrogen and oxygen atoms in total. The van der Waals surface area contributed by atoms with E-state index in [1.54, 1.807) is 39.8 Å². The SMILES string of the molecule is Cc1ccc(O)c(S(=O)(=O)c2c(O)ccc(C)c2C)c1C. The maximum absolute atomic E-state index is 12.9. The smallest absolute Gasteiger partial charge is 0.214 e. The van der Waals surface area contributed by atoms with Crippen molar-refractivity contribution in [3.8, 4) is 11.5 Å². The topological polar surface area (TPSA) is 74.6 Å². The van der Waals surface area contributed by atoms with Gasteiger partial charge in [-0.15, -0.1) is 0 Å². The molecule has 0 heterocycles. The molecule has 0 atom stereocenters. The van der Waals surface area contributed by atoms with Crippen LogP contribution < -0.4 is 0 Å². The van der Waals surface area contributed by atoms with Crippen molar-refractivity contribution in [1.29, 1.82) is 0 Å². The van der Waals surface area contributed by atoms with E-state index in [1.165, 1.54) is 12.1 Å². The molecule has 0 spiro atoms. The van der Waals surface area contributed by atoms with E-state index < -0.39 is 9.84 Å². The number of hydrogen-bond donors (Lipinski definition) is 2. The van der Waals surface area contributed by atoms with Gasteiger partial charge in [0.05, 0.1) is 0 Å². The van der Waals surface area contributed by atoms with Gasteiger partial charge in [0.25, 0.3) is 0 Å². The first-order chi connectivity index (χ1) is 9.67. The molecule has 0 aromatic heterocycles. The molecule has 2 aromatic rings. The zero-order chi connectivity index (χ0) is 15.9. The number of aryl methyl sites for hydroxylation is 2. The van der Waals surface area contributed by atoms with Crippen LogP contribution in [0, 0.1) is 27.7 Å². The molecule has 5 heteroatoms. The number of phenolic OH excluding ortho intramolecular Hbond substituents is 2. The Labute approximate surface area is 124 Å². The molecule has 0 aliphatic rings. The van der Waals surface area contributed by atoms with Crippen LogP contribution in [-0.2, 0) is 9.84 Å². The van der Waals surface area contributed by atoms with Crippen LogP contribution in [0.4, 0.5) is 0 Å². The average Bonchev–Trinajstić information content (AvgIpc) is 2.39. The molecule has 21 heavy (non-hydrogen) atoms. The Bertz CT molecular complexity index is 757. The average molecular weight is 306 g/mol. The zero-order valence-corrected chi connectivity index (χ0v) is 13.2. The molecule has 112 valence electrons. The fraction of sp³-hybridized carbons (Fsp3) is 0.250. The van der Waals surface area contributed by atoms with Gasteiger partial charge in [-0.25, -0.2) is 8.42 Å². The first-order valence-corrected chi connectivity index (χ1v) is 7.99. The van der Waals surface area contributed by atoms with E-state index in [0.717, 1.165) is 11.1 Å². The summed E-state index contributed by atoms with van der Waals surface area (Å²) in [7, 11) is -4.01. The van der Waals surface area contributed by atoms with Crippen molar-refractivity contribution in [3.63, 3.8) is 0 Å². The third kappa shape index (κ3) is 2.38. The number of phenols is 2. The van der Waals surface area contributed by atoms with E-state index in [0.29, 0.717) is 11.1 Å². The molecule has 0 bridgehead atoms. The van der Waals surface area contributed by atoms with E-state index in [9.17, 15) is 18.6 Å². The quantitative estimate of drug-likeness (QED) is 0.893. The Balaban J connectivity index is 2.88. The van der Waals surface area contributed by atoms with Gasteiger partial charge in [-0.1, -0.05) is 12.1 Å². The van der Waals surface area contributed by atoms with Gasteiger partial charge >= 0.3 is 0 Å². The second kappa shape index (κ2) is 5.07. The van der Waals surface area contributed by atoms with Crippen LogP contribution in [0.5, 0.6) is 11.5 Å². The summed E-state index contributed by atoms with van der Waals surface area (Å²) in [6.45, 7) is 6.84. The maximum atomic E-state index is 12.9. The Kier molecular flexibility index (Phi) is 3.72. The van der Waals surface area contributed by atoms with E-state index in [2.05, 4.69) is 0 Å². The van der Waals surface area contributed by atoms with Crippen LogP contribution in [0.1, 0.15) is 22.3 Å². The summed E-state index contributed by atoms with van der Waals surface area (Å²) in [6, 6.07) is 6.04. The molecule has 0 aliphatic carbocycles. The van der Waals surface area contributed by atoms with Gasteiger partial charge in [0.1, 0.15) is 21.3 Å². The molecule has 0 saturated carbocycles. The molecular weight excluding hydrogens is 288 g/mol. The largest absolute Gasteiger partial charge is 0.507 e. The van der Waals surface area contributed by atoms with Crippen molar-refractivity contribution in [3.05, 3.63) is 46.5 Å². The predicted molar refractivity (Wildman–Crippen MR) is 80.6 cm³/mol. The van der Waals surface area contributed by atoms with Crippen molar-refractivity contribution in [2.24, 2.45) is 0 Å². The van der Waals surface area contributed by atoms with Crippen molar-refractivity contribution < 1.29 is 18.6 Å². The summed E-state index contributed by atoms with van der Waals surface area (Å²) in [4.78, 5) is -0.294. The highest BCUT2D eigenvalue weighted by atomic mass is 32.2. The first kappa shape index (κ1) is 15.4. The fourth-order valence-electron chi connectivity index (χ4n) is 2.33. The lowest BCUT2D eigenvalue weighted by Gasteiger charge is -2.15. The number of rotatable bonds is 2. The fourth-order valence-corrected chi connectivity index (χ4v) is 4.35. The minimum atomic E-state index is -4.01. The molecule has 0 aliphatic heterocycles. The van der Waals surface area contributed by atoms with E-state index in [1.807, 2.05) is 0 Å². The maximum Gasteiger partial charge on any atom is 0.214 e. The zero-order valence-electron chi connectivity index (χ0n) is 12.4. The van der Waals surface area contributed by atoms with E-state index in [-0.39, 0.29) is 21.3 Å². The highest BCUT2D eigenvalue weighted by Crippen LogP contribution is 2.38. The van der Waals surface area contributed by atoms with Gasteiger partial charge in [0, 0.05) is 0 Å². The summed E-state index contributed by atoms with van der Waals surface area (Å²) in [5, 5.41) is 20.0. The van der Waals surface area contributed by atoms with Gasteiger partial charge in [-0.3, -0.25) is 0 Å². The minimum Gasteiger partial charge on any atom is -0.507 e. The normalized spacial score (nSPS) is 11.6. The number of sulfone groups is 1. The molecule has 2 N–H and O–H groups in total. The molecule has 2 rings (SSSR count). The lowest BCUT2D eigenvalue weighted by Crippen LogP contribution is -2.08. The van der Waals surface area contributed by atoms with Crippen molar-refractivity contribution >= 4 is 9.84 Å². The third-order valence-corrected chi connectivity index (χ3v) is 5.95.